The van der Waals surface area contributed by atoms with E-state index in [1.807, 2.05) is 0 Å². The van der Waals surface area contributed by atoms with Crippen molar-refractivity contribution in [3.63, 3.8) is 0 Å². The Kier molecular flexibility index (Phi) is 3.61. The number of benzene rings is 1. The molecule has 108 valence electrons. The topological polar surface area (TPSA) is 68.3 Å². The van der Waals surface area contributed by atoms with Crippen LogP contribution in [0, 0.1) is 0 Å². The Morgan fingerprint density at radius 2 is 2.10 bits per heavy atom. The molecule has 0 fully saturated rings. The van der Waals surface area contributed by atoms with Gasteiger partial charge in [-0.1, -0.05) is 23.2 Å². The molecule has 0 aliphatic heterocycles. The van der Waals surface area contributed by atoms with E-state index in [1.54, 1.807) is 29.0 Å². The fourth-order valence-corrected chi connectivity index (χ4v) is 2.48. The zero-order valence-electron chi connectivity index (χ0n) is 10.7. The molecule has 1 N–H and O–H groups in total. The Morgan fingerprint density at radius 1 is 1.33 bits per heavy atom. The highest BCUT2D eigenvalue weighted by Crippen LogP contribution is 2.31. The summed E-state index contributed by atoms with van der Waals surface area (Å²) in [6.07, 6.45) is 3.08. The Morgan fingerprint density at radius 3 is 2.76 bits per heavy atom. The molecule has 0 unspecified atom stereocenters. The van der Waals surface area contributed by atoms with Gasteiger partial charge in [0, 0.05) is 6.54 Å². The van der Waals surface area contributed by atoms with Crippen LogP contribution in [0.2, 0.25) is 10.0 Å². The first-order valence-corrected chi connectivity index (χ1v) is 6.91. The molecule has 7 heteroatoms. The Balaban J connectivity index is 2.20. The van der Waals surface area contributed by atoms with Crippen LogP contribution in [0.15, 0.2) is 35.1 Å². The van der Waals surface area contributed by atoms with Crippen LogP contribution in [0.25, 0.3) is 22.4 Å². The summed E-state index contributed by atoms with van der Waals surface area (Å²) in [6, 6.07) is 5.12. The number of aryl methyl sites for hydroxylation is 1. The van der Waals surface area contributed by atoms with Gasteiger partial charge in [-0.05, 0) is 18.2 Å². The second-order valence-corrected chi connectivity index (χ2v) is 5.31. The van der Waals surface area contributed by atoms with Crippen molar-refractivity contribution in [2.24, 2.45) is 0 Å². The van der Waals surface area contributed by atoms with E-state index < -0.39 is 5.97 Å². The summed E-state index contributed by atoms with van der Waals surface area (Å²) in [5, 5.41) is 9.72. The molecule has 2 heterocycles. The third-order valence-corrected chi connectivity index (χ3v) is 3.84. The number of nitrogens with zero attached hydrogens (tertiary/aromatic N) is 2. The molecular weight excluding hydrogens is 315 g/mol. The first kappa shape index (κ1) is 14.0. The van der Waals surface area contributed by atoms with Gasteiger partial charge >= 0.3 is 5.97 Å². The normalized spacial score (nSPS) is 11.1. The van der Waals surface area contributed by atoms with Crippen LogP contribution in [-0.4, -0.2) is 20.6 Å². The summed E-state index contributed by atoms with van der Waals surface area (Å²) in [5.41, 5.74) is 2.16. The summed E-state index contributed by atoms with van der Waals surface area (Å²) in [6.45, 7) is 0.282. The molecule has 0 aliphatic rings. The molecule has 0 aliphatic carbocycles. The highest BCUT2D eigenvalue weighted by molar-refractivity contribution is 6.42. The van der Waals surface area contributed by atoms with Gasteiger partial charge in [-0.2, -0.15) is 0 Å². The lowest BCUT2D eigenvalue weighted by Crippen LogP contribution is -2.05. The van der Waals surface area contributed by atoms with Gasteiger partial charge < -0.3 is 14.1 Å². The van der Waals surface area contributed by atoms with Crippen LogP contribution < -0.4 is 0 Å². The van der Waals surface area contributed by atoms with E-state index in [2.05, 4.69) is 4.98 Å². The molecule has 0 atom stereocenters. The maximum Gasteiger partial charge on any atom is 0.305 e. The number of imidazole rings is 1. The lowest BCUT2D eigenvalue weighted by atomic mass is 10.3. The molecule has 3 aromatic rings. The molecular formula is C14H10Cl2N2O3. The van der Waals surface area contributed by atoms with Gasteiger partial charge in [0.2, 0.25) is 0 Å². The van der Waals surface area contributed by atoms with Crippen molar-refractivity contribution in [1.29, 1.82) is 0 Å². The number of carbonyl (C=O) groups is 1. The van der Waals surface area contributed by atoms with Crippen LogP contribution in [0.3, 0.4) is 0 Å². The first-order valence-electron chi connectivity index (χ1n) is 6.16. The number of halogens is 2. The van der Waals surface area contributed by atoms with E-state index in [9.17, 15) is 4.79 Å². The number of hydrogen-bond acceptors (Lipinski definition) is 3. The van der Waals surface area contributed by atoms with Crippen LogP contribution in [0.1, 0.15) is 6.42 Å². The third kappa shape index (κ3) is 2.62. The summed E-state index contributed by atoms with van der Waals surface area (Å²) < 4.78 is 6.87. The summed E-state index contributed by atoms with van der Waals surface area (Å²) >= 11 is 12.1. The minimum absolute atomic E-state index is 0.0173. The molecule has 0 saturated heterocycles. The van der Waals surface area contributed by atoms with Crippen molar-refractivity contribution in [3.05, 3.63) is 40.8 Å². The number of rotatable bonds is 4. The van der Waals surface area contributed by atoms with E-state index in [1.165, 1.54) is 6.26 Å². The molecule has 0 radical (unpaired) electrons. The van der Waals surface area contributed by atoms with Crippen LogP contribution in [0.4, 0.5) is 0 Å². The SMILES string of the molecule is O=C(O)CCn1c(-c2ccoc2)nc2cc(Cl)c(Cl)cc21. The van der Waals surface area contributed by atoms with Crippen molar-refractivity contribution >= 4 is 40.2 Å². The fraction of sp³-hybridized carbons (Fsp3) is 0.143. The fourth-order valence-electron chi connectivity index (χ4n) is 2.17. The van der Waals surface area contributed by atoms with Crippen molar-refractivity contribution in [2.45, 2.75) is 13.0 Å². The largest absolute Gasteiger partial charge is 0.481 e. The van der Waals surface area contributed by atoms with E-state index in [4.69, 9.17) is 32.7 Å². The number of aliphatic carboxylic acids is 1. The van der Waals surface area contributed by atoms with Gasteiger partial charge in [0.15, 0.2) is 0 Å². The van der Waals surface area contributed by atoms with Crippen LogP contribution in [-0.2, 0) is 11.3 Å². The predicted octanol–water partition coefficient (Wildman–Crippen LogP) is 4.08. The highest BCUT2D eigenvalue weighted by atomic mass is 35.5. The van der Waals surface area contributed by atoms with Crippen molar-refractivity contribution in [1.82, 2.24) is 9.55 Å². The minimum Gasteiger partial charge on any atom is -0.481 e. The Labute approximate surface area is 129 Å². The van der Waals surface area contributed by atoms with E-state index in [-0.39, 0.29) is 13.0 Å². The predicted molar refractivity (Wildman–Crippen MR) is 79.7 cm³/mol. The first-order chi connectivity index (χ1) is 10.1. The van der Waals surface area contributed by atoms with Gasteiger partial charge in [0.25, 0.3) is 0 Å². The third-order valence-electron chi connectivity index (χ3n) is 3.12. The number of hydrogen-bond donors (Lipinski definition) is 1. The maximum atomic E-state index is 10.9. The summed E-state index contributed by atoms with van der Waals surface area (Å²) in [5.74, 6) is -0.256. The smallest absolute Gasteiger partial charge is 0.305 e. The average molecular weight is 325 g/mol. The van der Waals surface area contributed by atoms with E-state index in [0.29, 0.717) is 21.4 Å². The number of aromatic nitrogens is 2. The van der Waals surface area contributed by atoms with Gasteiger partial charge in [0.05, 0.1) is 39.3 Å². The maximum absolute atomic E-state index is 10.9. The van der Waals surface area contributed by atoms with Crippen molar-refractivity contribution < 1.29 is 14.3 Å². The zero-order chi connectivity index (χ0) is 15.0. The monoisotopic (exact) mass is 324 g/mol. The Bertz CT molecular complexity index is 809. The Hall–Kier alpha value is -1.98. The number of furan rings is 1. The van der Waals surface area contributed by atoms with Crippen molar-refractivity contribution in [3.8, 4) is 11.4 Å². The van der Waals surface area contributed by atoms with Gasteiger partial charge in [-0.15, -0.1) is 0 Å². The second-order valence-electron chi connectivity index (χ2n) is 4.50. The summed E-state index contributed by atoms with van der Waals surface area (Å²) in [7, 11) is 0. The van der Waals surface area contributed by atoms with E-state index in [0.717, 1.165) is 11.1 Å². The molecule has 5 nitrogen and oxygen atoms in total. The van der Waals surface area contributed by atoms with Gasteiger partial charge in [-0.3, -0.25) is 4.79 Å². The molecule has 0 amide bonds. The van der Waals surface area contributed by atoms with Crippen molar-refractivity contribution in [2.75, 3.05) is 0 Å². The van der Waals surface area contributed by atoms with Crippen LogP contribution in [0.5, 0.6) is 0 Å². The quantitative estimate of drug-likeness (QED) is 0.785. The van der Waals surface area contributed by atoms with Gasteiger partial charge in [0.1, 0.15) is 12.1 Å². The highest BCUT2D eigenvalue weighted by Gasteiger charge is 2.16. The minimum atomic E-state index is -0.880. The summed E-state index contributed by atoms with van der Waals surface area (Å²) in [4.78, 5) is 15.4. The second kappa shape index (κ2) is 5.42. The van der Waals surface area contributed by atoms with E-state index >= 15 is 0 Å². The average Bonchev–Trinajstić information content (AvgIpc) is 3.04. The lowest BCUT2D eigenvalue weighted by molar-refractivity contribution is -0.137. The molecule has 0 saturated carbocycles. The molecule has 2 aromatic heterocycles. The number of carboxylic acid groups (broad SMARTS) is 1. The molecule has 0 spiro atoms. The molecule has 1 aromatic carbocycles. The molecule has 0 bridgehead atoms. The lowest BCUT2D eigenvalue weighted by Gasteiger charge is -2.06. The van der Waals surface area contributed by atoms with Gasteiger partial charge in [-0.25, -0.2) is 4.98 Å². The number of carboxylic acids is 1. The zero-order valence-corrected chi connectivity index (χ0v) is 12.2. The molecule has 3 rings (SSSR count). The number of fused-ring (bicyclic) bond motifs is 1. The van der Waals surface area contributed by atoms with Crippen LogP contribution >= 0.6 is 23.2 Å². The standard InChI is InChI=1S/C14H10Cl2N2O3/c15-9-5-11-12(6-10(9)16)18(3-1-13(19)20)14(17-11)8-2-4-21-7-8/h2,4-7H,1,3H2,(H,19,20). The molecule has 21 heavy (non-hydrogen) atoms.